The van der Waals surface area contributed by atoms with E-state index in [-0.39, 0.29) is 17.0 Å². The van der Waals surface area contributed by atoms with Crippen molar-refractivity contribution >= 4 is 46.1 Å². The van der Waals surface area contributed by atoms with Crippen LogP contribution in [0.3, 0.4) is 0 Å². The zero-order valence-electron chi connectivity index (χ0n) is 36.0. The minimum atomic E-state index is -0.300. The normalized spacial score (nSPS) is 17.9. The Labute approximate surface area is 372 Å². The minimum Gasteiger partial charge on any atom is -0.508 e. The number of phenols is 1. The topological polar surface area (TPSA) is 150 Å². The Kier molecular flexibility index (Phi) is 13.6. The van der Waals surface area contributed by atoms with Crippen molar-refractivity contribution in [3.8, 4) is 17.9 Å². The molecular weight excluding hydrogens is 821 g/mol. The van der Waals surface area contributed by atoms with Crippen molar-refractivity contribution in [2.75, 3.05) is 73.9 Å². The number of para-hydroxylation sites is 1. The number of phenolic OH excluding ortho intramolecular Hbond substituents is 1. The maximum absolute atomic E-state index is 10.1. The van der Waals surface area contributed by atoms with Crippen LogP contribution in [0.2, 0.25) is 0 Å². The van der Waals surface area contributed by atoms with Gasteiger partial charge in [-0.25, -0.2) is 9.97 Å². The van der Waals surface area contributed by atoms with Crippen LogP contribution in [0.15, 0.2) is 69.3 Å². The summed E-state index contributed by atoms with van der Waals surface area (Å²) in [6.07, 6.45) is 4.91. The first-order valence-corrected chi connectivity index (χ1v) is 23.3. The Morgan fingerprint density at radius 2 is 1.23 bits per heavy atom. The monoisotopic (exact) mass is 874 g/mol. The van der Waals surface area contributed by atoms with Gasteiger partial charge in [0.15, 0.2) is 0 Å². The van der Waals surface area contributed by atoms with Gasteiger partial charge in [-0.2, -0.15) is 10.5 Å². The van der Waals surface area contributed by atoms with Crippen molar-refractivity contribution in [3.05, 3.63) is 99.3 Å². The Balaban J connectivity index is 0.000000171. The van der Waals surface area contributed by atoms with E-state index in [1.807, 2.05) is 36.6 Å². The highest BCUT2D eigenvalue weighted by atomic mass is 32.2. The highest BCUT2D eigenvalue weighted by Crippen LogP contribution is 2.41. The van der Waals surface area contributed by atoms with E-state index < -0.39 is 0 Å². The molecule has 4 aliphatic rings. The molecule has 9 rings (SSSR count). The number of nitriles is 2. The van der Waals surface area contributed by atoms with Crippen molar-refractivity contribution in [3.63, 3.8) is 0 Å². The molecule has 0 radical (unpaired) electrons. The van der Waals surface area contributed by atoms with Crippen LogP contribution in [-0.4, -0.2) is 90.4 Å². The van der Waals surface area contributed by atoms with Crippen LogP contribution >= 0.6 is 23.5 Å². The van der Waals surface area contributed by atoms with E-state index in [4.69, 9.17) is 33.3 Å². The van der Waals surface area contributed by atoms with Crippen molar-refractivity contribution in [2.45, 2.75) is 87.8 Å². The summed E-state index contributed by atoms with van der Waals surface area (Å²) in [5.74, 6) is 3.77. The molecule has 62 heavy (non-hydrogen) atoms. The molecule has 2 saturated heterocycles. The molecule has 5 aromatic rings. The third kappa shape index (κ3) is 10.0. The van der Waals surface area contributed by atoms with Gasteiger partial charge in [-0.1, -0.05) is 30.3 Å². The van der Waals surface area contributed by atoms with Gasteiger partial charge in [0.1, 0.15) is 45.2 Å². The summed E-state index contributed by atoms with van der Waals surface area (Å²) in [4.78, 5) is 14.5. The molecule has 0 amide bonds. The number of hydrogen-bond donors (Lipinski definition) is 1. The second-order valence-corrected chi connectivity index (χ2v) is 19.3. The lowest BCUT2D eigenvalue weighted by atomic mass is 9.89. The number of thioether (sulfide) groups is 2. The molecule has 0 atom stereocenters. The molecule has 2 fully saturated rings. The van der Waals surface area contributed by atoms with Gasteiger partial charge in [-0.15, -0.1) is 23.5 Å². The summed E-state index contributed by atoms with van der Waals surface area (Å²) < 4.78 is 28.9. The zero-order chi connectivity index (χ0) is 43.3. The molecule has 0 bridgehead atoms. The Bertz CT molecular complexity index is 2480. The van der Waals surface area contributed by atoms with Crippen LogP contribution in [0.25, 0.3) is 11.0 Å². The lowest BCUT2D eigenvalue weighted by Crippen LogP contribution is -2.39. The maximum atomic E-state index is 10.1. The Hall–Kier alpha value is -4.80. The summed E-state index contributed by atoms with van der Waals surface area (Å²) in [6.45, 7) is 15.2. The maximum Gasteiger partial charge on any atom is 0.135 e. The van der Waals surface area contributed by atoms with Crippen LogP contribution in [0.5, 0.6) is 5.75 Å². The molecule has 0 spiro atoms. The number of hydrogen-bond acceptors (Lipinski definition) is 14. The standard InChI is InChI=1S/C25H27N3O3S.C23H27N3O3S/c1-25(2)13-19-20(14-26)24(27-23(21(19)16-31-25)28-8-10-29-11-9-28)32-12-7-17-15-30-22-6-4-3-5-18(17)22;1-23(2)13-18-19(14-24)22(30-11-6-16-4-3-5-17(27)12-16)25-21(20(18)15-29-23)26-7-9-28-10-8-26/h3-6,15H,7-13,16H2,1-2H3;3-5,12,27H,6-11,13,15H2,1-2H3. The van der Waals surface area contributed by atoms with Crippen LogP contribution in [0.1, 0.15) is 72.2 Å². The first kappa shape index (κ1) is 43.8. The molecule has 3 aromatic heterocycles. The van der Waals surface area contributed by atoms with Gasteiger partial charge in [0, 0.05) is 67.0 Å². The number of aromatic hydroxyl groups is 1. The molecular formula is C48H54N6O6S2. The molecule has 0 saturated carbocycles. The van der Waals surface area contributed by atoms with Crippen LogP contribution < -0.4 is 9.80 Å². The van der Waals surface area contributed by atoms with E-state index in [0.29, 0.717) is 63.6 Å². The Morgan fingerprint density at radius 3 is 1.76 bits per heavy atom. The van der Waals surface area contributed by atoms with Gasteiger partial charge in [0.2, 0.25) is 0 Å². The fraction of sp³-hybridized carbons (Fsp3) is 0.458. The largest absolute Gasteiger partial charge is 0.508 e. The zero-order valence-corrected chi connectivity index (χ0v) is 37.6. The van der Waals surface area contributed by atoms with Gasteiger partial charge in [0.05, 0.1) is 68.2 Å². The average molecular weight is 875 g/mol. The SMILES string of the molecule is CC1(C)Cc2c(C#N)c(SCCc3cccc(O)c3)nc(N3CCOCC3)c2CO1.CC1(C)Cc2c(C#N)c(SCCc3coc4ccccc34)nc(N3CCOCC3)c2CO1. The second kappa shape index (κ2) is 19.3. The number of aromatic nitrogens is 2. The summed E-state index contributed by atoms with van der Waals surface area (Å²) in [7, 11) is 0. The van der Waals surface area contributed by atoms with Gasteiger partial charge in [0.25, 0.3) is 0 Å². The number of morpholine rings is 2. The van der Waals surface area contributed by atoms with Crippen molar-refractivity contribution in [2.24, 2.45) is 0 Å². The number of nitrogens with zero attached hydrogens (tertiary/aromatic N) is 6. The molecule has 324 valence electrons. The fourth-order valence-corrected chi connectivity index (χ4v) is 10.4. The van der Waals surface area contributed by atoms with Gasteiger partial charge in [-0.05, 0) is 81.0 Å². The van der Waals surface area contributed by atoms with E-state index in [2.05, 4.69) is 55.7 Å². The average Bonchev–Trinajstić information content (AvgIpc) is 3.69. The van der Waals surface area contributed by atoms with Crippen molar-refractivity contribution < 1.29 is 28.5 Å². The Morgan fingerprint density at radius 1 is 0.694 bits per heavy atom. The second-order valence-electron chi connectivity index (χ2n) is 17.1. The lowest BCUT2D eigenvalue weighted by molar-refractivity contribution is -0.0405. The highest BCUT2D eigenvalue weighted by Gasteiger charge is 2.35. The minimum absolute atomic E-state index is 0.277. The predicted octanol–water partition coefficient (Wildman–Crippen LogP) is 8.40. The molecule has 12 nitrogen and oxygen atoms in total. The van der Waals surface area contributed by atoms with Crippen LogP contribution in [-0.2, 0) is 57.8 Å². The van der Waals surface area contributed by atoms with Gasteiger partial charge < -0.3 is 38.3 Å². The van der Waals surface area contributed by atoms with Crippen LogP contribution in [0, 0.1) is 22.7 Å². The predicted molar refractivity (Wildman–Crippen MR) is 242 cm³/mol. The number of anilines is 2. The third-order valence-corrected chi connectivity index (χ3v) is 13.6. The van der Waals surface area contributed by atoms with E-state index in [1.165, 1.54) is 5.56 Å². The van der Waals surface area contributed by atoms with E-state index in [9.17, 15) is 15.6 Å². The number of fused-ring (bicyclic) bond motifs is 3. The highest BCUT2D eigenvalue weighted by molar-refractivity contribution is 7.99. The van der Waals surface area contributed by atoms with E-state index >= 15 is 0 Å². The van der Waals surface area contributed by atoms with Gasteiger partial charge >= 0.3 is 0 Å². The third-order valence-electron chi connectivity index (χ3n) is 11.7. The summed E-state index contributed by atoms with van der Waals surface area (Å²) in [5, 5.41) is 32.5. The molecule has 0 unspecified atom stereocenters. The number of furan rings is 1. The fourth-order valence-electron chi connectivity index (χ4n) is 8.43. The van der Waals surface area contributed by atoms with Gasteiger partial charge in [-0.3, -0.25) is 0 Å². The lowest BCUT2D eigenvalue weighted by Gasteiger charge is -2.37. The summed E-state index contributed by atoms with van der Waals surface area (Å²) in [6, 6.07) is 20.3. The first-order valence-electron chi connectivity index (χ1n) is 21.4. The number of pyridine rings is 2. The molecule has 2 aromatic carbocycles. The first-order chi connectivity index (χ1) is 30.0. The molecule has 14 heteroatoms. The van der Waals surface area contributed by atoms with E-state index in [0.717, 1.165) is 111 Å². The molecule has 1 N–H and O–H groups in total. The summed E-state index contributed by atoms with van der Waals surface area (Å²) >= 11 is 3.27. The molecule has 7 heterocycles. The molecule has 4 aliphatic heterocycles. The number of benzene rings is 2. The molecule has 0 aliphatic carbocycles. The summed E-state index contributed by atoms with van der Waals surface area (Å²) in [5.41, 5.74) is 8.24. The van der Waals surface area contributed by atoms with E-state index in [1.54, 1.807) is 35.7 Å². The number of rotatable bonds is 10. The number of ether oxygens (including phenoxy) is 4. The van der Waals surface area contributed by atoms with Crippen molar-refractivity contribution in [1.82, 2.24) is 9.97 Å². The smallest absolute Gasteiger partial charge is 0.135 e. The van der Waals surface area contributed by atoms with Crippen molar-refractivity contribution in [1.29, 1.82) is 10.5 Å². The van der Waals surface area contributed by atoms with Crippen LogP contribution in [0.4, 0.5) is 11.6 Å². The number of aryl methyl sites for hydroxylation is 2. The quantitative estimate of drug-likeness (QED) is 0.134.